The summed E-state index contributed by atoms with van der Waals surface area (Å²) in [6.45, 7) is 9.84. The van der Waals surface area contributed by atoms with Crippen LogP contribution in [0, 0.1) is 0 Å². The Hall–Kier alpha value is -0.680. The van der Waals surface area contributed by atoms with E-state index >= 15 is 0 Å². The largest absolute Gasteiger partial charge is 0.357 e. The van der Waals surface area contributed by atoms with Crippen LogP contribution in [0.15, 0.2) is 29.3 Å². The zero-order valence-electron chi connectivity index (χ0n) is 15.8. The number of halogens is 1. The number of rotatable bonds is 5. The highest BCUT2D eigenvalue weighted by Crippen LogP contribution is 2.29. The Balaban J connectivity index is 0.00000338. The highest BCUT2D eigenvalue weighted by molar-refractivity contribution is 14.0. The number of sulfonamides is 1. The predicted octanol–water partition coefficient (Wildman–Crippen LogP) is 2.97. The second kappa shape index (κ2) is 10.0. The normalized spacial score (nSPS) is 17.4. The summed E-state index contributed by atoms with van der Waals surface area (Å²) in [5, 5.41) is 3.37. The summed E-state index contributed by atoms with van der Waals surface area (Å²) in [6.07, 6.45) is 1.15. The molecule has 6 nitrogen and oxygen atoms in total. The third kappa shape index (κ3) is 7.91. The third-order valence-electron chi connectivity index (χ3n) is 3.70. The van der Waals surface area contributed by atoms with Gasteiger partial charge >= 0.3 is 0 Å². The molecule has 0 saturated carbocycles. The van der Waals surface area contributed by atoms with Crippen molar-refractivity contribution in [2.75, 3.05) is 36.4 Å². The first-order valence-electron chi connectivity index (χ1n) is 8.42. The molecule has 1 heterocycles. The van der Waals surface area contributed by atoms with E-state index in [9.17, 15) is 8.42 Å². The van der Waals surface area contributed by atoms with Gasteiger partial charge in [0.1, 0.15) is 0 Å². The molecule has 0 spiro atoms. The minimum Gasteiger partial charge on any atom is -0.357 e. The quantitative estimate of drug-likeness (QED) is 0.361. The number of hydrogen-bond acceptors (Lipinski definition) is 4. The highest BCUT2D eigenvalue weighted by Gasteiger charge is 2.28. The van der Waals surface area contributed by atoms with Gasteiger partial charge in [0.05, 0.1) is 12.8 Å². The number of aliphatic imine (C=N–C) groups is 1. The number of anilines is 1. The van der Waals surface area contributed by atoms with Gasteiger partial charge in [-0.05, 0) is 38.5 Å². The minimum absolute atomic E-state index is 0. The van der Waals surface area contributed by atoms with Crippen molar-refractivity contribution in [1.82, 2.24) is 10.2 Å². The van der Waals surface area contributed by atoms with Gasteiger partial charge in [0.25, 0.3) is 0 Å². The molecule has 0 aromatic heterocycles. The molecule has 9 heteroatoms. The van der Waals surface area contributed by atoms with Gasteiger partial charge in [-0.2, -0.15) is 11.8 Å². The second-order valence-corrected chi connectivity index (χ2v) is 10.3. The van der Waals surface area contributed by atoms with Gasteiger partial charge in [0.15, 0.2) is 5.96 Å². The first-order valence-corrected chi connectivity index (χ1v) is 11.3. The van der Waals surface area contributed by atoms with Crippen LogP contribution in [0.25, 0.3) is 0 Å². The molecule has 1 aromatic rings. The van der Waals surface area contributed by atoms with E-state index in [0.717, 1.165) is 43.2 Å². The maximum atomic E-state index is 11.4. The van der Waals surface area contributed by atoms with Crippen molar-refractivity contribution in [2.45, 2.75) is 32.1 Å². The van der Waals surface area contributed by atoms with Crippen LogP contribution in [0.1, 0.15) is 26.3 Å². The molecule has 148 valence electrons. The molecule has 0 aliphatic carbocycles. The van der Waals surface area contributed by atoms with Crippen molar-refractivity contribution in [3.63, 3.8) is 0 Å². The molecule has 1 aromatic carbocycles. The summed E-state index contributed by atoms with van der Waals surface area (Å²) < 4.78 is 25.5. The van der Waals surface area contributed by atoms with Gasteiger partial charge in [0, 0.05) is 35.8 Å². The van der Waals surface area contributed by atoms with Gasteiger partial charge in [-0.1, -0.05) is 12.1 Å². The zero-order chi connectivity index (χ0) is 18.5. The summed E-state index contributed by atoms with van der Waals surface area (Å²) in [6, 6.07) is 7.36. The lowest BCUT2D eigenvalue weighted by Gasteiger charge is -2.39. The average molecular weight is 512 g/mol. The molecule has 0 atom stereocenters. The van der Waals surface area contributed by atoms with Gasteiger partial charge in [0.2, 0.25) is 10.0 Å². The first-order chi connectivity index (χ1) is 11.7. The third-order valence-corrected chi connectivity index (χ3v) is 5.61. The van der Waals surface area contributed by atoms with Crippen molar-refractivity contribution in [3.05, 3.63) is 29.8 Å². The fourth-order valence-corrected chi connectivity index (χ4v) is 4.40. The molecule has 1 fully saturated rings. The number of guanidine groups is 1. The minimum atomic E-state index is -3.27. The number of nitrogens with one attached hydrogen (secondary N) is 2. The molecule has 0 amide bonds. The fraction of sp³-hybridized carbons (Fsp3) is 0.588. The molecule has 2 N–H and O–H groups in total. The number of hydrogen-bond donors (Lipinski definition) is 2. The van der Waals surface area contributed by atoms with Gasteiger partial charge in [-0.15, -0.1) is 24.0 Å². The van der Waals surface area contributed by atoms with Crippen LogP contribution < -0.4 is 10.0 Å². The lowest BCUT2D eigenvalue weighted by molar-refractivity contribution is 0.376. The molecule has 0 radical (unpaired) electrons. The van der Waals surface area contributed by atoms with Crippen LogP contribution >= 0.6 is 35.7 Å². The Morgan fingerprint density at radius 2 is 2.12 bits per heavy atom. The molecule has 0 bridgehead atoms. The van der Waals surface area contributed by atoms with E-state index in [1.54, 1.807) is 6.07 Å². The van der Waals surface area contributed by atoms with Crippen LogP contribution in [0.4, 0.5) is 5.69 Å². The van der Waals surface area contributed by atoms with E-state index in [1.807, 2.05) is 30.0 Å². The SMILES string of the molecule is CCNC(=NCc1cccc(NS(C)(=O)=O)c1)N1CCSC(C)(C)C1.I. The lowest BCUT2D eigenvalue weighted by Crippen LogP contribution is -2.50. The Morgan fingerprint density at radius 1 is 1.38 bits per heavy atom. The Morgan fingerprint density at radius 3 is 2.73 bits per heavy atom. The average Bonchev–Trinajstić information content (AvgIpc) is 2.49. The van der Waals surface area contributed by atoms with E-state index in [4.69, 9.17) is 4.99 Å². The lowest BCUT2D eigenvalue weighted by atomic mass is 10.2. The van der Waals surface area contributed by atoms with E-state index in [-0.39, 0.29) is 28.7 Å². The van der Waals surface area contributed by atoms with Crippen LogP contribution in [0.2, 0.25) is 0 Å². The number of thioether (sulfide) groups is 1. The van der Waals surface area contributed by atoms with Gasteiger partial charge < -0.3 is 10.2 Å². The summed E-state index contributed by atoms with van der Waals surface area (Å²) in [4.78, 5) is 7.06. The summed E-state index contributed by atoms with van der Waals surface area (Å²) >= 11 is 1.99. The van der Waals surface area contributed by atoms with E-state index in [0.29, 0.717) is 12.2 Å². The molecule has 2 rings (SSSR count). The van der Waals surface area contributed by atoms with Crippen LogP contribution in [-0.2, 0) is 16.6 Å². The molecule has 1 aliphatic rings. The van der Waals surface area contributed by atoms with Crippen LogP contribution in [0.3, 0.4) is 0 Å². The highest BCUT2D eigenvalue weighted by atomic mass is 127. The van der Waals surface area contributed by atoms with Crippen molar-refractivity contribution in [1.29, 1.82) is 0 Å². The van der Waals surface area contributed by atoms with Crippen LogP contribution in [-0.4, -0.2) is 55.7 Å². The van der Waals surface area contributed by atoms with Crippen molar-refractivity contribution >= 4 is 57.4 Å². The van der Waals surface area contributed by atoms with Crippen molar-refractivity contribution in [2.24, 2.45) is 4.99 Å². The van der Waals surface area contributed by atoms with Gasteiger partial charge in [-0.3, -0.25) is 4.72 Å². The smallest absolute Gasteiger partial charge is 0.229 e. The number of benzene rings is 1. The summed E-state index contributed by atoms with van der Waals surface area (Å²) in [5.74, 6) is 2.00. The predicted molar refractivity (Wildman–Crippen MR) is 123 cm³/mol. The molecule has 26 heavy (non-hydrogen) atoms. The van der Waals surface area contributed by atoms with E-state index in [2.05, 4.69) is 35.7 Å². The molecule has 1 saturated heterocycles. The molecule has 1 aliphatic heterocycles. The molecule has 0 unspecified atom stereocenters. The van der Waals surface area contributed by atoms with Gasteiger partial charge in [-0.25, -0.2) is 13.4 Å². The monoisotopic (exact) mass is 512 g/mol. The molecular formula is C17H29IN4O2S2. The first kappa shape index (κ1) is 23.4. The van der Waals surface area contributed by atoms with Crippen LogP contribution in [0.5, 0.6) is 0 Å². The maximum Gasteiger partial charge on any atom is 0.229 e. The fourth-order valence-electron chi connectivity index (χ4n) is 2.74. The second-order valence-electron chi connectivity index (χ2n) is 6.77. The molecular weight excluding hydrogens is 483 g/mol. The van der Waals surface area contributed by atoms with Crippen molar-refractivity contribution in [3.8, 4) is 0 Å². The Bertz CT molecular complexity index is 723. The van der Waals surface area contributed by atoms with Crippen molar-refractivity contribution < 1.29 is 8.42 Å². The standard InChI is InChI=1S/C17H28N4O2S2.HI/c1-5-18-16(21-9-10-24-17(2,3)13-21)19-12-14-7-6-8-15(11-14)20-25(4,22)23;/h6-8,11,20H,5,9-10,12-13H2,1-4H3,(H,18,19);1H. The maximum absolute atomic E-state index is 11.4. The van der Waals surface area contributed by atoms with E-state index in [1.165, 1.54) is 0 Å². The summed E-state index contributed by atoms with van der Waals surface area (Å²) in [5.41, 5.74) is 1.53. The summed E-state index contributed by atoms with van der Waals surface area (Å²) in [7, 11) is -3.27. The Labute approximate surface area is 178 Å². The zero-order valence-corrected chi connectivity index (χ0v) is 19.7. The Kier molecular flexibility index (Phi) is 9.01. The van der Waals surface area contributed by atoms with E-state index < -0.39 is 10.0 Å². The number of nitrogens with zero attached hydrogens (tertiary/aromatic N) is 2. The topological polar surface area (TPSA) is 73.8 Å².